The predicted octanol–water partition coefficient (Wildman–Crippen LogP) is 2.68. The van der Waals surface area contributed by atoms with E-state index >= 15 is 0 Å². The van der Waals surface area contributed by atoms with Gasteiger partial charge in [-0.15, -0.1) is 0 Å². The molecule has 0 aromatic carbocycles. The molecule has 4 heteroatoms. The van der Waals surface area contributed by atoms with Gasteiger partial charge in [-0.1, -0.05) is 20.8 Å². The van der Waals surface area contributed by atoms with Gasteiger partial charge in [-0.25, -0.2) is 4.98 Å². The van der Waals surface area contributed by atoms with E-state index in [9.17, 15) is 0 Å². The van der Waals surface area contributed by atoms with Gasteiger partial charge >= 0.3 is 0 Å². The summed E-state index contributed by atoms with van der Waals surface area (Å²) >= 11 is 0. The highest BCUT2D eigenvalue weighted by molar-refractivity contribution is 4.98. The van der Waals surface area contributed by atoms with Gasteiger partial charge in [0.2, 0.25) is 0 Å². The van der Waals surface area contributed by atoms with Crippen LogP contribution in [0.5, 0.6) is 0 Å². The number of furan rings is 1. The van der Waals surface area contributed by atoms with Crippen LogP contribution in [0.3, 0.4) is 0 Å². The van der Waals surface area contributed by atoms with Crippen LogP contribution in [-0.2, 0) is 13.1 Å². The van der Waals surface area contributed by atoms with Gasteiger partial charge in [-0.3, -0.25) is 0 Å². The Labute approximate surface area is 108 Å². The fourth-order valence-electron chi connectivity index (χ4n) is 1.89. The lowest BCUT2D eigenvalue weighted by molar-refractivity contribution is 0.235. The minimum Gasteiger partial charge on any atom is -0.468 e. The quantitative estimate of drug-likeness (QED) is 0.883. The number of rotatable bonds is 5. The Bertz CT molecular complexity index is 440. The molecule has 0 saturated heterocycles. The van der Waals surface area contributed by atoms with E-state index in [0.29, 0.717) is 6.04 Å². The topological polar surface area (TPSA) is 43.0 Å². The molecule has 1 N–H and O–H groups in total. The van der Waals surface area contributed by atoms with Crippen LogP contribution >= 0.6 is 0 Å². The molecule has 2 aromatic rings. The lowest BCUT2D eigenvalue weighted by Gasteiger charge is -2.31. The molecule has 2 rings (SSSR count). The van der Waals surface area contributed by atoms with Crippen LogP contribution in [-0.4, -0.2) is 15.6 Å². The third kappa shape index (κ3) is 3.47. The van der Waals surface area contributed by atoms with Crippen molar-refractivity contribution in [3.63, 3.8) is 0 Å². The molecule has 0 aliphatic rings. The van der Waals surface area contributed by atoms with Gasteiger partial charge in [-0.2, -0.15) is 0 Å². The first kappa shape index (κ1) is 12.9. The Morgan fingerprint density at radius 2 is 2.28 bits per heavy atom. The summed E-state index contributed by atoms with van der Waals surface area (Å²) in [4.78, 5) is 4.08. The molecule has 1 atom stereocenters. The van der Waals surface area contributed by atoms with E-state index in [-0.39, 0.29) is 5.41 Å². The van der Waals surface area contributed by atoms with E-state index in [1.165, 1.54) is 0 Å². The standard InChI is InChI=1S/C14H21N3O/c1-14(2,3)13(10-17-7-6-15-11-17)16-9-12-5-4-8-18-12/h4-8,11,13,16H,9-10H2,1-3H3. The molecule has 98 valence electrons. The van der Waals surface area contributed by atoms with Gasteiger partial charge in [0.05, 0.1) is 19.1 Å². The molecule has 18 heavy (non-hydrogen) atoms. The van der Waals surface area contributed by atoms with Crippen molar-refractivity contribution in [3.8, 4) is 0 Å². The second-order valence-corrected chi connectivity index (χ2v) is 5.64. The van der Waals surface area contributed by atoms with Crippen LogP contribution in [0.4, 0.5) is 0 Å². The summed E-state index contributed by atoms with van der Waals surface area (Å²) in [6, 6.07) is 4.26. The van der Waals surface area contributed by atoms with Crippen LogP contribution in [0.15, 0.2) is 41.5 Å². The highest BCUT2D eigenvalue weighted by atomic mass is 16.3. The minimum absolute atomic E-state index is 0.177. The first-order chi connectivity index (χ1) is 8.55. The van der Waals surface area contributed by atoms with Crippen molar-refractivity contribution in [3.05, 3.63) is 42.9 Å². The molecule has 0 radical (unpaired) electrons. The van der Waals surface area contributed by atoms with E-state index in [0.717, 1.165) is 18.8 Å². The monoisotopic (exact) mass is 247 g/mol. The van der Waals surface area contributed by atoms with Gasteiger partial charge in [0, 0.05) is 25.0 Å². The first-order valence-corrected chi connectivity index (χ1v) is 6.27. The van der Waals surface area contributed by atoms with Gasteiger partial charge in [-0.05, 0) is 17.5 Å². The van der Waals surface area contributed by atoms with E-state index in [4.69, 9.17) is 4.42 Å². The van der Waals surface area contributed by atoms with Crippen molar-refractivity contribution in [2.45, 2.75) is 39.9 Å². The molecule has 0 bridgehead atoms. The summed E-state index contributed by atoms with van der Waals surface area (Å²) in [6.07, 6.45) is 7.37. The first-order valence-electron chi connectivity index (χ1n) is 6.27. The maximum Gasteiger partial charge on any atom is 0.117 e. The van der Waals surface area contributed by atoms with Crippen LogP contribution in [0.25, 0.3) is 0 Å². The van der Waals surface area contributed by atoms with E-state index in [1.54, 1.807) is 6.26 Å². The number of hydrogen-bond acceptors (Lipinski definition) is 3. The fourth-order valence-corrected chi connectivity index (χ4v) is 1.89. The second kappa shape index (κ2) is 5.40. The molecule has 2 heterocycles. The number of hydrogen-bond donors (Lipinski definition) is 1. The molecule has 0 fully saturated rings. The lowest BCUT2D eigenvalue weighted by Crippen LogP contribution is -2.42. The predicted molar refractivity (Wildman–Crippen MR) is 71.0 cm³/mol. The van der Waals surface area contributed by atoms with E-state index in [1.807, 2.05) is 30.9 Å². The summed E-state index contributed by atoms with van der Waals surface area (Å²) in [7, 11) is 0. The summed E-state index contributed by atoms with van der Waals surface area (Å²) in [5.74, 6) is 0.967. The normalized spacial score (nSPS) is 13.7. The summed E-state index contributed by atoms with van der Waals surface area (Å²) in [6.45, 7) is 8.38. The van der Waals surface area contributed by atoms with Crippen molar-refractivity contribution in [2.24, 2.45) is 5.41 Å². The molecule has 4 nitrogen and oxygen atoms in total. The summed E-state index contributed by atoms with van der Waals surface area (Å²) < 4.78 is 7.45. The number of imidazole rings is 1. The Hall–Kier alpha value is -1.55. The zero-order valence-corrected chi connectivity index (χ0v) is 11.3. The molecule has 2 aromatic heterocycles. The second-order valence-electron chi connectivity index (χ2n) is 5.64. The van der Waals surface area contributed by atoms with E-state index < -0.39 is 0 Å². The van der Waals surface area contributed by atoms with Crippen molar-refractivity contribution >= 4 is 0 Å². The average molecular weight is 247 g/mol. The van der Waals surface area contributed by atoms with E-state index in [2.05, 4.69) is 35.6 Å². The van der Waals surface area contributed by atoms with Crippen LogP contribution < -0.4 is 5.32 Å². The van der Waals surface area contributed by atoms with Crippen molar-refractivity contribution in [1.29, 1.82) is 0 Å². The molecule has 0 amide bonds. The Morgan fingerprint density at radius 1 is 1.44 bits per heavy atom. The molecule has 1 unspecified atom stereocenters. The van der Waals surface area contributed by atoms with Crippen molar-refractivity contribution in [2.75, 3.05) is 0 Å². The molecule has 0 spiro atoms. The van der Waals surface area contributed by atoms with Crippen LogP contribution in [0.1, 0.15) is 26.5 Å². The Morgan fingerprint density at radius 3 is 2.83 bits per heavy atom. The molecule has 0 aliphatic carbocycles. The minimum atomic E-state index is 0.177. The summed E-state index contributed by atoms with van der Waals surface area (Å²) in [5, 5.41) is 3.56. The third-order valence-corrected chi connectivity index (χ3v) is 3.10. The van der Waals surface area contributed by atoms with Gasteiger partial charge in [0.15, 0.2) is 0 Å². The largest absolute Gasteiger partial charge is 0.468 e. The zero-order valence-electron chi connectivity index (χ0n) is 11.3. The number of nitrogens with zero attached hydrogens (tertiary/aromatic N) is 2. The smallest absolute Gasteiger partial charge is 0.117 e. The Kier molecular flexibility index (Phi) is 3.87. The molecular weight excluding hydrogens is 226 g/mol. The Balaban J connectivity index is 1.97. The van der Waals surface area contributed by atoms with Gasteiger partial charge in [0.25, 0.3) is 0 Å². The van der Waals surface area contributed by atoms with Crippen LogP contribution in [0, 0.1) is 5.41 Å². The maximum atomic E-state index is 5.35. The average Bonchev–Trinajstić information content (AvgIpc) is 2.95. The SMILES string of the molecule is CC(C)(C)C(Cn1ccnc1)NCc1ccco1. The number of aromatic nitrogens is 2. The van der Waals surface area contributed by atoms with Gasteiger partial charge < -0.3 is 14.3 Å². The maximum absolute atomic E-state index is 5.35. The highest BCUT2D eigenvalue weighted by Crippen LogP contribution is 2.21. The third-order valence-electron chi connectivity index (χ3n) is 3.10. The van der Waals surface area contributed by atoms with Crippen molar-refractivity contribution < 1.29 is 4.42 Å². The molecule has 0 saturated carbocycles. The van der Waals surface area contributed by atoms with Crippen LogP contribution in [0.2, 0.25) is 0 Å². The fraction of sp³-hybridized carbons (Fsp3) is 0.500. The van der Waals surface area contributed by atoms with Gasteiger partial charge in [0.1, 0.15) is 5.76 Å². The zero-order chi connectivity index (χ0) is 13.0. The number of nitrogens with one attached hydrogen (secondary N) is 1. The molecular formula is C14H21N3O. The summed E-state index contributed by atoms with van der Waals surface area (Å²) in [5.41, 5.74) is 0.177. The lowest BCUT2D eigenvalue weighted by atomic mass is 9.86. The van der Waals surface area contributed by atoms with Crippen molar-refractivity contribution in [1.82, 2.24) is 14.9 Å². The highest BCUT2D eigenvalue weighted by Gasteiger charge is 2.24. The molecule has 0 aliphatic heterocycles.